The summed E-state index contributed by atoms with van der Waals surface area (Å²) in [4.78, 5) is 18.1. The van der Waals surface area contributed by atoms with Gasteiger partial charge in [-0.3, -0.25) is 9.69 Å². The lowest BCUT2D eigenvalue weighted by Gasteiger charge is -2.38. The van der Waals surface area contributed by atoms with Crippen molar-refractivity contribution in [2.75, 3.05) is 13.1 Å². The highest BCUT2D eigenvalue weighted by molar-refractivity contribution is 5.75. The zero-order valence-corrected chi connectivity index (χ0v) is 13.3. The maximum absolute atomic E-state index is 11.6. The normalized spacial score (nSPS) is 24.2. The van der Waals surface area contributed by atoms with E-state index in [0.29, 0.717) is 31.2 Å². The molecule has 1 saturated heterocycles. The second kappa shape index (κ2) is 5.75. The van der Waals surface area contributed by atoms with Crippen LogP contribution in [0.2, 0.25) is 0 Å². The number of aromatic nitrogens is 2. The summed E-state index contributed by atoms with van der Waals surface area (Å²) in [6.07, 6.45) is 2.29. The quantitative estimate of drug-likeness (QED) is 0.919. The Hall–Kier alpha value is -1.43. The number of hydrogen-bond acceptors (Lipinski definition) is 5. The van der Waals surface area contributed by atoms with Crippen LogP contribution in [0.1, 0.15) is 58.7 Å². The summed E-state index contributed by atoms with van der Waals surface area (Å²) in [5.41, 5.74) is -0.795. The van der Waals surface area contributed by atoms with Gasteiger partial charge in [0.15, 0.2) is 5.82 Å². The average molecular weight is 295 g/mol. The monoisotopic (exact) mass is 295 g/mol. The van der Waals surface area contributed by atoms with Crippen molar-refractivity contribution >= 4 is 5.97 Å². The SMILES string of the molecule is CCC1(C(=O)O)CCCN(Cc2noc(C(C)(C)C)n2)C1. The number of hydrogen-bond donors (Lipinski definition) is 1. The molecular weight excluding hydrogens is 270 g/mol. The largest absolute Gasteiger partial charge is 0.481 e. The van der Waals surface area contributed by atoms with Crippen molar-refractivity contribution < 1.29 is 14.4 Å². The highest BCUT2D eigenvalue weighted by atomic mass is 16.5. The van der Waals surface area contributed by atoms with Crippen LogP contribution in [0.4, 0.5) is 0 Å². The van der Waals surface area contributed by atoms with E-state index in [0.717, 1.165) is 19.4 Å². The zero-order valence-electron chi connectivity index (χ0n) is 13.3. The molecule has 1 atom stereocenters. The summed E-state index contributed by atoms with van der Waals surface area (Å²) in [5.74, 6) is 0.560. The zero-order chi connectivity index (χ0) is 15.7. The molecule has 0 radical (unpaired) electrons. The van der Waals surface area contributed by atoms with Crippen LogP contribution in [0, 0.1) is 5.41 Å². The number of rotatable bonds is 4. The molecular formula is C15H25N3O3. The molecule has 1 aliphatic heterocycles. The van der Waals surface area contributed by atoms with Crippen LogP contribution in [0.25, 0.3) is 0 Å². The fourth-order valence-corrected chi connectivity index (χ4v) is 2.80. The number of likely N-dealkylation sites (tertiary alicyclic amines) is 1. The van der Waals surface area contributed by atoms with Gasteiger partial charge in [-0.25, -0.2) is 0 Å². The van der Waals surface area contributed by atoms with Crippen LogP contribution in [-0.2, 0) is 16.8 Å². The molecule has 1 aromatic heterocycles. The van der Waals surface area contributed by atoms with E-state index in [1.54, 1.807) is 0 Å². The molecule has 0 spiro atoms. The molecule has 6 nitrogen and oxygen atoms in total. The van der Waals surface area contributed by atoms with Crippen LogP contribution in [0.3, 0.4) is 0 Å². The number of aliphatic carboxylic acids is 1. The van der Waals surface area contributed by atoms with Crippen LogP contribution in [0.5, 0.6) is 0 Å². The summed E-state index contributed by atoms with van der Waals surface area (Å²) >= 11 is 0. The standard InChI is InChI=1S/C15H25N3O3/c1-5-15(13(19)20)7-6-8-18(10-15)9-11-16-12(21-17-11)14(2,3)4/h5-10H2,1-4H3,(H,19,20). The maximum atomic E-state index is 11.6. The molecule has 1 N–H and O–H groups in total. The summed E-state index contributed by atoms with van der Waals surface area (Å²) in [6, 6.07) is 0. The fraction of sp³-hybridized carbons (Fsp3) is 0.800. The number of carboxylic acids is 1. The molecule has 0 saturated carbocycles. The van der Waals surface area contributed by atoms with Gasteiger partial charge in [0.05, 0.1) is 12.0 Å². The number of carbonyl (C=O) groups is 1. The molecule has 1 aromatic rings. The Kier molecular flexibility index (Phi) is 4.37. The summed E-state index contributed by atoms with van der Waals surface area (Å²) in [7, 11) is 0. The van der Waals surface area contributed by atoms with Gasteiger partial charge in [-0.1, -0.05) is 32.9 Å². The number of nitrogens with zero attached hydrogens (tertiary/aromatic N) is 3. The van der Waals surface area contributed by atoms with Crippen molar-refractivity contribution in [3.8, 4) is 0 Å². The van der Waals surface area contributed by atoms with E-state index in [2.05, 4.69) is 15.0 Å². The van der Waals surface area contributed by atoms with E-state index in [4.69, 9.17) is 4.52 Å². The van der Waals surface area contributed by atoms with Gasteiger partial charge in [-0.2, -0.15) is 4.98 Å². The van der Waals surface area contributed by atoms with E-state index in [-0.39, 0.29) is 5.41 Å². The van der Waals surface area contributed by atoms with Gasteiger partial charge in [0, 0.05) is 12.0 Å². The van der Waals surface area contributed by atoms with E-state index >= 15 is 0 Å². The van der Waals surface area contributed by atoms with Crippen molar-refractivity contribution in [2.45, 2.75) is 58.9 Å². The minimum atomic E-state index is -0.696. The predicted octanol–water partition coefficient (Wildman–Crippen LogP) is 2.44. The van der Waals surface area contributed by atoms with Crippen molar-refractivity contribution in [3.05, 3.63) is 11.7 Å². The lowest BCUT2D eigenvalue weighted by atomic mass is 9.77. The highest BCUT2D eigenvalue weighted by Crippen LogP contribution is 2.34. The topological polar surface area (TPSA) is 79.5 Å². The van der Waals surface area contributed by atoms with Gasteiger partial charge in [-0.05, 0) is 25.8 Å². The molecule has 1 fully saturated rings. The van der Waals surface area contributed by atoms with Gasteiger partial charge >= 0.3 is 5.97 Å². The molecule has 1 aliphatic rings. The Labute approximate surface area is 125 Å². The predicted molar refractivity (Wildman–Crippen MR) is 77.9 cm³/mol. The third kappa shape index (κ3) is 3.43. The smallest absolute Gasteiger partial charge is 0.310 e. The van der Waals surface area contributed by atoms with Crippen molar-refractivity contribution in [1.82, 2.24) is 15.0 Å². The third-order valence-corrected chi connectivity index (χ3v) is 4.26. The summed E-state index contributed by atoms with van der Waals surface area (Å²) < 4.78 is 5.29. The van der Waals surface area contributed by atoms with E-state index in [9.17, 15) is 9.90 Å². The molecule has 2 rings (SSSR count). The second-order valence-electron chi connectivity index (χ2n) is 7.02. The lowest BCUT2D eigenvalue weighted by Crippen LogP contribution is -2.47. The lowest BCUT2D eigenvalue weighted by molar-refractivity contribution is -0.153. The van der Waals surface area contributed by atoms with Gasteiger partial charge in [0.1, 0.15) is 0 Å². The Morgan fingerprint density at radius 1 is 1.48 bits per heavy atom. The van der Waals surface area contributed by atoms with Crippen molar-refractivity contribution in [3.63, 3.8) is 0 Å². The molecule has 21 heavy (non-hydrogen) atoms. The van der Waals surface area contributed by atoms with E-state index < -0.39 is 11.4 Å². The van der Waals surface area contributed by atoms with Crippen LogP contribution >= 0.6 is 0 Å². The Bertz CT molecular complexity index is 507. The Balaban J connectivity index is 2.06. The summed E-state index contributed by atoms with van der Waals surface area (Å²) in [6.45, 7) is 10.0. The molecule has 2 heterocycles. The van der Waals surface area contributed by atoms with Crippen LogP contribution in [0.15, 0.2) is 4.52 Å². The second-order valence-corrected chi connectivity index (χ2v) is 7.02. The minimum Gasteiger partial charge on any atom is -0.481 e. The van der Waals surface area contributed by atoms with Gasteiger partial charge in [0.2, 0.25) is 5.89 Å². The Morgan fingerprint density at radius 3 is 2.71 bits per heavy atom. The van der Waals surface area contributed by atoms with Crippen molar-refractivity contribution in [1.29, 1.82) is 0 Å². The third-order valence-electron chi connectivity index (χ3n) is 4.26. The van der Waals surface area contributed by atoms with Crippen LogP contribution in [-0.4, -0.2) is 39.2 Å². The molecule has 0 aromatic carbocycles. The first kappa shape index (κ1) is 15.9. The van der Waals surface area contributed by atoms with Crippen LogP contribution < -0.4 is 0 Å². The first-order chi connectivity index (χ1) is 9.77. The molecule has 1 unspecified atom stereocenters. The minimum absolute atomic E-state index is 0.165. The maximum Gasteiger partial charge on any atom is 0.310 e. The van der Waals surface area contributed by atoms with Gasteiger partial charge in [0.25, 0.3) is 0 Å². The van der Waals surface area contributed by atoms with E-state index in [1.807, 2.05) is 27.7 Å². The van der Waals surface area contributed by atoms with Gasteiger partial charge in [-0.15, -0.1) is 0 Å². The first-order valence-corrected chi connectivity index (χ1v) is 7.56. The average Bonchev–Trinajstić information content (AvgIpc) is 2.87. The highest BCUT2D eigenvalue weighted by Gasteiger charge is 2.41. The molecule has 118 valence electrons. The number of piperidine rings is 1. The Morgan fingerprint density at radius 2 is 2.19 bits per heavy atom. The first-order valence-electron chi connectivity index (χ1n) is 7.56. The van der Waals surface area contributed by atoms with Crippen molar-refractivity contribution in [2.24, 2.45) is 5.41 Å². The van der Waals surface area contributed by atoms with Gasteiger partial charge < -0.3 is 9.63 Å². The fourth-order valence-electron chi connectivity index (χ4n) is 2.80. The molecule has 0 amide bonds. The summed E-state index contributed by atoms with van der Waals surface area (Å²) in [5, 5.41) is 13.5. The molecule has 6 heteroatoms. The molecule has 0 bridgehead atoms. The number of carboxylic acid groups (broad SMARTS) is 1. The van der Waals surface area contributed by atoms with E-state index in [1.165, 1.54) is 0 Å². The molecule has 0 aliphatic carbocycles.